The second-order valence-electron chi connectivity index (χ2n) is 4.58. The Bertz CT molecular complexity index is 597. The normalized spacial score (nSPS) is 12.2. The summed E-state index contributed by atoms with van der Waals surface area (Å²) in [5, 5.41) is 4.33. The van der Waals surface area contributed by atoms with Crippen LogP contribution in [0.15, 0.2) is 36.4 Å². The Balaban J connectivity index is 2.27. The number of benzene rings is 2. The highest BCUT2D eigenvalue weighted by Crippen LogP contribution is 2.33. The third kappa shape index (κ3) is 3.14. The van der Waals surface area contributed by atoms with Gasteiger partial charge in [-0.05, 0) is 37.1 Å². The lowest BCUT2D eigenvalue weighted by molar-refractivity contribution is 0.875. The van der Waals surface area contributed by atoms with Crippen LogP contribution >= 0.6 is 23.2 Å². The molecule has 0 saturated heterocycles. The number of nitrogens with two attached hydrogens (primary N) is 1. The predicted molar refractivity (Wildman–Crippen MR) is 84.1 cm³/mol. The number of halogens is 2. The van der Waals surface area contributed by atoms with Gasteiger partial charge >= 0.3 is 0 Å². The zero-order valence-electron chi connectivity index (χ0n) is 10.9. The van der Waals surface area contributed by atoms with Crippen LogP contribution in [0.4, 0.5) is 11.4 Å². The molecule has 0 aromatic heterocycles. The number of nitrogens with one attached hydrogen (secondary N) is 1. The van der Waals surface area contributed by atoms with Gasteiger partial charge in [0, 0.05) is 6.04 Å². The van der Waals surface area contributed by atoms with Crippen molar-refractivity contribution >= 4 is 34.6 Å². The third-order valence-corrected chi connectivity index (χ3v) is 3.84. The Hall–Kier alpha value is -1.38. The van der Waals surface area contributed by atoms with Gasteiger partial charge in [0.2, 0.25) is 0 Å². The van der Waals surface area contributed by atoms with Crippen LogP contribution < -0.4 is 11.1 Å². The molecule has 0 aliphatic rings. The number of hydrogen-bond acceptors (Lipinski definition) is 2. The molecule has 3 N–H and O–H groups in total. The first-order valence-electron chi connectivity index (χ1n) is 6.05. The van der Waals surface area contributed by atoms with Gasteiger partial charge in [0.15, 0.2) is 0 Å². The molecular weight excluding hydrogens is 279 g/mol. The lowest BCUT2D eigenvalue weighted by Crippen LogP contribution is -2.09. The summed E-state index contributed by atoms with van der Waals surface area (Å²) in [5.41, 5.74) is 9.80. The van der Waals surface area contributed by atoms with Crippen LogP contribution in [-0.2, 0) is 0 Å². The maximum atomic E-state index is 6.02. The minimum atomic E-state index is 0.140. The third-order valence-electron chi connectivity index (χ3n) is 3.12. The average molecular weight is 295 g/mol. The molecule has 2 nitrogen and oxygen atoms in total. The molecule has 0 fully saturated rings. The van der Waals surface area contributed by atoms with Crippen LogP contribution in [0.1, 0.15) is 24.1 Å². The number of hydrogen-bond donors (Lipinski definition) is 2. The number of anilines is 2. The topological polar surface area (TPSA) is 38.0 Å². The lowest BCUT2D eigenvalue weighted by atomic mass is 10.0. The van der Waals surface area contributed by atoms with Crippen molar-refractivity contribution in [2.45, 2.75) is 19.9 Å². The highest BCUT2D eigenvalue weighted by molar-refractivity contribution is 6.42. The fourth-order valence-electron chi connectivity index (χ4n) is 2.07. The van der Waals surface area contributed by atoms with Crippen molar-refractivity contribution in [2.24, 2.45) is 0 Å². The highest BCUT2D eigenvalue weighted by Gasteiger charge is 2.11. The molecule has 2 aromatic rings. The predicted octanol–water partition coefficient (Wildman–Crippen LogP) is 5.06. The molecule has 0 heterocycles. The van der Waals surface area contributed by atoms with Crippen LogP contribution in [-0.4, -0.2) is 0 Å². The quantitative estimate of drug-likeness (QED) is 0.777. The first-order chi connectivity index (χ1) is 8.99. The van der Waals surface area contributed by atoms with E-state index in [-0.39, 0.29) is 6.04 Å². The molecule has 0 radical (unpaired) electrons. The monoisotopic (exact) mass is 294 g/mol. The van der Waals surface area contributed by atoms with Gasteiger partial charge in [-0.1, -0.05) is 47.5 Å². The van der Waals surface area contributed by atoms with Gasteiger partial charge in [0.25, 0.3) is 0 Å². The maximum absolute atomic E-state index is 6.02. The van der Waals surface area contributed by atoms with E-state index >= 15 is 0 Å². The minimum absolute atomic E-state index is 0.140. The summed E-state index contributed by atoms with van der Waals surface area (Å²) < 4.78 is 0. The Morgan fingerprint density at radius 1 is 1.11 bits per heavy atom. The van der Waals surface area contributed by atoms with Gasteiger partial charge in [0.05, 0.1) is 21.4 Å². The van der Waals surface area contributed by atoms with Crippen LogP contribution in [0.2, 0.25) is 10.0 Å². The Morgan fingerprint density at radius 3 is 2.42 bits per heavy atom. The molecule has 2 aromatic carbocycles. The fourth-order valence-corrected chi connectivity index (χ4v) is 2.41. The van der Waals surface area contributed by atoms with Gasteiger partial charge in [-0.2, -0.15) is 0 Å². The molecule has 2 rings (SSSR count). The highest BCUT2D eigenvalue weighted by atomic mass is 35.5. The van der Waals surface area contributed by atoms with Gasteiger partial charge in [0.1, 0.15) is 0 Å². The van der Waals surface area contributed by atoms with Crippen LogP contribution in [0, 0.1) is 6.92 Å². The van der Waals surface area contributed by atoms with E-state index in [2.05, 4.69) is 31.3 Å². The van der Waals surface area contributed by atoms with E-state index < -0.39 is 0 Å². The largest absolute Gasteiger partial charge is 0.397 e. The molecule has 0 amide bonds. The molecule has 4 heteroatoms. The molecule has 1 unspecified atom stereocenters. The van der Waals surface area contributed by atoms with Gasteiger partial charge in [-0.3, -0.25) is 0 Å². The van der Waals surface area contributed by atoms with Crippen molar-refractivity contribution in [3.8, 4) is 0 Å². The first kappa shape index (κ1) is 14.0. The van der Waals surface area contributed by atoms with E-state index in [4.69, 9.17) is 28.9 Å². The van der Waals surface area contributed by atoms with E-state index in [1.165, 1.54) is 11.1 Å². The number of nitrogen functional groups attached to an aromatic ring is 1. The lowest BCUT2D eigenvalue weighted by Gasteiger charge is -2.19. The average Bonchev–Trinajstić information content (AvgIpc) is 2.36. The van der Waals surface area contributed by atoms with Crippen molar-refractivity contribution in [1.29, 1.82) is 0 Å². The second kappa shape index (κ2) is 5.72. The minimum Gasteiger partial charge on any atom is -0.397 e. The summed E-state index contributed by atoms with van der Waals surface area (Å²) in [4.78, 5) is 0. The van der Waals surface area contributed by atoms with Crippen LogP contribution in [0.5, 0.6) is 0 Å². The van der Waals surface area contributed by atoms with Crippen molar-refractivity contribution in [3.05, 3.63) is 57.6 Å². The molecule has 0 saturated carbocycles. The van der Waals surface area contributed by atoms with Crippen molar-refractivity contribution in [2.75, 3.05) is 11.1 Å². The Labute approximate surface area is 123 Å². The van der Waals surface area contributed by atoms with E-state index in [1.807, 2.05) is 12.1 Å². The van der Waals surface area contributed by atoms with Crippen molar-refractivity contribution < 1.29 is 0 Å². The number of aryl methyl sites for hydroxylation is 1. The van der Waals surface area contributed by atoms with Gasteiger partial charge in [-0.15, -0.1) is 0 Å². The number of rotatable bonds is 3. The van der Waals surface area contributed by atoms with Gasteiger partial charge in [-0.25, -0.2) is 0 Å². The summed E-state index contributed by atoms with van der Waals surface area (Å²) in [6, 6.07) is 11.8. The molecule has 100 valence electrons. The summed E-state index contributed by atoms with van der Waals surface area (Å²) in [7, 11) is 0. The van der Waals surface area contributed by atoms with E-state index in [1.54, 1.807) is 12.1 Å². The summed E-state index contributed by atoms with van der Waals surface area (Å²) in [6.07, 6.45) is 0. The maximum Gasteiger partial charge on any atom is 0.0614 e. The Kier molecular flexibility index (Phi) is 4.23. The zero-order valence-corrected chi connectivity index (χ0v) is 12.4. The van der Waals surface area contributed by atoms with Crippen molar-refractivity contribution in [3.63, 3.8) is 0 Å². The first-order valence-corrected chi connectivity index (χ1v) is 6.81. The molecule has 0 spiro atoms. The van der Waals surface area contributed by atoms with Crippen molar-refractivity contribution in [1.82, 2.24) is 0 Å². The van der Waals surface area contributed by atoms with E-state index in [0.717, 1.165) is 5.69 Å². The van der Waals surface area contributed by atoms with Gasteiger partial charge < -0.3 is 11.1 Å². The molecular formula is C15H16Cl2N2. The molecule has 19 heavy (non-hydrogen) atoms. The molecule has 0 aliphatic carbocycles. The zero-order chi connectivity index (χ0) is 14.0. The second-order valence-corrected chi connectivity index (χ2v) is 5.39. The van der Waals surface area contributed by atoms with Crippen LogP contribution in [0.3, 0.4) is 0 Å². The van der Waals surface area contributed by atoms with E-state index in [0.29, 0.717) is 15.7 Å². The standard InChI is InChI=1S/C15H16Cl2N2/c1-9-5-3-4-6-11(9)10(2)19-15-8-13(17)12(16)7-14(15)18/h3-8,10,19H,18H2,1-2H3. The summed E-state index contributed by atoms with van der Waals surface area (Å²) in [5.74, 6) is 0. The Morgan fingerprint density at radius 2 is 1.74 bits per heavy atom. The molecule has 1 atom stereocenters. The SMILES string of the molecule is Cc1ccccc1C(C)Nc1cc(Cl)c(Cl)cc1N. The smallest absolute Gasteiger partial charge is 0.0614 e. The molecule has 0 bridgehead atoms. The molecule has 0 aliphatic heterocycles. The van der Waals surface area contributed by atoms with Crippen LogP contribution in [0.25, 0.3) is 0 Å². The van der Waals surface area contributed by atoms with E-state index in [9.17, 15) is 0 Å². The fraction of sp³-hybridized carbons (Fsp3) is 0.200. The summed E-state index contributed by atoms with van der Waals surface area (Å²) >= 11 is 11.9. The summed E-state index contributed by atoms with van der Waals surface area (Å²) in [6.45, 7) is 4.18.